The fraction of sp³-hybridized carbons (Fsp3) is 0.667. The Hall–Kier alpha value is -1.37. The lowest BCUT2D eigenvalue weighted by Crippen LogP contribution is -2.57. The van der Waals surface area contributed by atoms with Crippen LogP contribution < -0.4 is 5.32 Å². The fourth-order valence-electron chi connectivity index (χ4n) is 4.64. The third-order valence-electron chi connectivity index (χ3n) is 6.47. The van der Waals surface area contributed by atoms with Crippen LogP contribution in [0.3, 0.4) is 0 Å². The molecule has 2 aliphatic rings. The molecule has 1 aliphatic carbocycles. The van der Waals surface area contributed by atoms with Gasteiger partial charge in [0, 0.05) is 25.2 Å². The van der Waals surface area contributed by atoms with E-state index in [1.54, 1.807) is 0 Å². The molecule has 0 unspecified atom stereocenters. The molecule has 2 amide bonds. The SMILES string of the molecule is CN1CCC(N(C)[C@@H]2CCCC[C@H]2N(C)C(=O)Nc2ccc(F)cc2Cl)CC1. The maximum Gasteiger partial charge on any atom is 0.321 e. The number of hydrogen-bond donors (Lipinski definition) is 1. The van der Waals surface area contributed by atoms with Gasteiger partial charge < -0.3 is 15.1 Å². The number of nitrogens with zero attached hydrogens (tertiary/aromatic N) is 3. The number of piperidine rings is 1. The molecule has 28 heavy (non-hydrogen) atoms. The number of likely N-dealkylation sites (N-methyl/N-ethyl adjacent to an activating group) is 2. The number of anilines is 1. The van der Waals surface area contributed by atoms with Crippen LogP contribution in [0.4, 0.5) is 14.9 Å². The van der Waals surface area contributed by atoms with Crippen LogP contribution in [0.2, 0.25) is 5.02 Å². The molecule has 1 aliphatic heterocycles. The molecule has 1 aromatic carbocycles. The summed E-state index contributed by atoms with van der Waals surface area (Å²) in [5.74, 6) is -0.413. The van der Waals surface area contributed by atoms with Crippen molar-refractivity contribution in [2.24, 2.45) is 0 Å². The van der Waals surface area contributed by atoms with Crippen LogP contribution in [0.5, 0.6) is 0 Å². The van der Waals surface area contributed by atoms with Crippen molar-refractivity contribution >= 4 is 23.3 Å². The molecule has 0 bridgehead atoms. The number of urea groups is 1. The summed E-state index contributed by atoms with van der Waals surface area (Å²) in [6.07, 6.45) is 6.81. The molecule has 0 aromatic heterocycles. The number of amides is 2. The van der Waals surface area contributed by atoms with E-state index in [4.69, 9.17) is 11.6 Å². The Morgan fingerprint density at radius 1 is 1.14 bits per heavy atom. The first kappa shape index (κ1) is 21.3. The molecule has 1 saturated carbocycles. The second kappa shape index (κ2) is 9.42. The molecule has 7 heteroatoms. The van der Waals surface area contributed by atoms with Crippen molar-refractivity contribution in [2.75, 3.05) is 39.5 Å². The minimum Gasteiger partial charge on any atom is -0.323 e. The van der Waals surface area contributed by atoms with Crippen molar-refractivity contribution in [3.8, 4) is 0 Å². The maximum atomic E-state index is 13.3. The number of carbonyl (C=O) groups excluding carboxylic acids is 1. The van der Waals surface area contributed by atoms with Crippen LogP contribution in [0.15, 0.2) is 18.2 Å². The van der Waals surface area contributed by atoms with Crippen LogP contribution in [-0.4, -0.2) is 73.1 Å². The van der Waals surface area contributed by atoms with Crippen LogP contribution in [0, 0.1) is 5.82 Å². The highest BCUT2D eigenvalue weighted by Gasteiger charge is 2.36. The summed E-state index contributed by atoms with van der Waals surface area (Å²) >= 11 is 6.07. The molecule has 1 heterocycles. The minimum atomic E-state index is -0.413. The van der Waals surface area contributed by atoms with Crippen molar-refractivity contribution in [1.82, 2.24) is 14.7 Å². The number of likely N-dealkylation sites (tertiary alicyclic amines) is 1. The number of benzene rings is 1. The van der Waals surface area contributed by atoms with Gasteiger partial charge in [0.2, 0.25) is 0 Å². The molecule has 1 N–H and O–H groups in total. The Labute approximate surface area is 172 Å². The summed E-state index contributed by atoms with van der Waals surface area (Å²) in [4.78, 5) is 19.6. The van der Waals surface area contributed by atoms with E-state index in [2.05, 4.69) is 29.2 Å². The van der Waals surface area contributed by atoms with E-state index in [1.807, 2.05) is 11.9 Å². The lowest BCUT2D eigenvalue weighted by atomic mass is 9.87. The zero-order valence-corrected chi connectivity index (χ0v) is 17.9. The Bertz CT molecular complexity index is 680. The molecular weight excluding hydrogens is 379 g/mol. The lowest BCUT2D eigenvalue weighted by molar-refractivity contribution is 0.0443. The summed E-state index contributed by atoms with van der Waals surface area (Å²) in [6.45, 7) is 2.26. The summed E-state index contributed by atoms with van der Waals surface area (Å²) in [5.41, 5.74) is 0.441. The van der Waals surface area contributed by atoms with Crippen LogP contribution in [-0.2, 0) is 0 Å². The van der Waals surface area contributed by atoms with E-state index in [0.717, 1.165) is 32.4 Å². The van der Waals surface area contributed by atoms with Gasteiger partial charge >= 0.3 is 6.03 Å². The second-order valence-electron chi connectivity index (χ2n) is 8.28. The van der Waals surface area contributed by atoms with E-state index < -0.39 is 5.82 Å². The predicted octanol–water partition coefficient (Wildman–Crippen LogP) is 4.28. The van der Waals surface area contributed by atoms with Gasteiger partial charge in [-0.05, 0) is 71.1 Å². The number of carbonyl (C=O) groups is 1. The standard InChI is InChI=1S/C21H32ClFN4O/c1-25-12-10-16(11-13-25)26(2)19-6-4-5-7-20(19)27(3)21(28)24-18-9-8-15(23)14-17(18)22/h8-9,14,16,19-20H,4-7,10-13H2,1-3H3,(H,24,28)/t19-,20-/m1/s1. The number of nitrogens with one attached hydrogen (secondary N) is 1. The van der Waals surface area contributed by atoms with Gasteiger partial charge in [-0.3, -0.25) is 4.90 Å². The molecule has 3 rings (SSSR count). The van der Waals surface area contributed by atoms with Gasteiger partial charge in [-0.2, -0.15) is 0 Å². The van der Waals surface area contributed by atoms with Gasteiger partial charge in [0.25, 0.3) is 0 Å². The number of hydrogen-bond acceptors (Lipinski definition) is 3. The first-order valence-electron chi connectivity index (χ1n) is 10.3. The van der Waals surface area contributed by atoms with E-state index in [9.17, 15) is 9.18 Å². The van der Waals surface area contributed by atoms with E-state index in [1.165, 1.54) is 37.5 Å². The monoisotopic (exact) mass is 410 g/mol. The van der Waals surface area contributed by atoms with Gasteiger partial charge in [0.05, 0.1) is 10.7 Å². The molecule has 0 spiro atoms. The number of rotatable bonds is 4. The quantitative estimate of drug-likeness (QED) is 0.805. The topological polar surface area (TPSA) is 38.8 Å². The summed E-state index contributed by atoms with van der Waals surface area (Å²) in [6, 6.07) is 4.94. The first-order chi connectivity index (χ1) is 13.4. The van der Waals surface area contributed by atoms with Gasteiger partial charge in [-0.1, -0.05) is 24.4 Å². The smallest absolute Gasteiger partial charge is 0.321 e. The molecule has 5 nitrogen and oxygen atoms in total. The van der Waals surface area contributed by atoms with Crippen LogP contribution in [0.1, 0.15) is 38.5 Å². The highest BCUT2D eigenvalue weighted by atomic mass is 35.5. The van der Waals surface area contributed by atoms with Crippen LogP contribution >= 0.6 is 11.6 Å². The highest BCUT2D eigenvalue weighted by Crippen LogP contribution is 2.30. The Balaban J connectivity index is 1.67. The highest BCUT2D eigenvalue weighted by molar-refractivity contribution is 6.33. The Morgan fingerprint density at radius 2 is 1.79 bits per heavy atom. The average Bonchev–Trinajstić information content (AvgIpc) is 2.69. The molecule has 2 atom stereocenters. The number of halogens is 2. The summed E-state index contributed by atoms with van der Waals surface area (Å²) in [7, 11) is 6.26. The minimum absolute atomic E-state index is 0.164. The normalized spacial score (nSPS) is 24.4. The first-order valence-corrected chi connectivity index (χ1v) is 10.6. The molecule has 1 aromatic rings. The van der Waals surface area contributed by atoms with Crippen molar-refractivity contribution in [3.63, 3.8) is 0 Å². The zero-order chi connectivity index (χ0) is 20.3. The molecule has 156 valence electrons. The van der Waals surface area contributed by atoms with Crippen molar-refractivity contribution in [1.29, 1.82) is 0 Å². The maximum absolute atomic E-state index is 13.3. The third-order valence-corrected chi connectivity index (χ3v) is 6.78. The predicted molar refractivity (Wildman–Crippen MR) is 113 cm³/mol. The fourth-order valence-corrected chi connectivity index (χ4v) is 4.85. The third kappa shape index (κ3) is 4.97. The van der Waals surface area contributed by atoms with Crippen LogP contribution in [0.25, 0.3) is 0 Å². The van der Waals surface area contributed by atoms with Gasteiger partial charge in [-0.15, -0.1) is 0 Å². The van der Waals surface area contributed by atoms with Crippen molar-refractivity contribution in [2.45, 2.75) is 56.7 Å². The Kier molecular flexibility index (Phi) is 7.18. The largest absolute Gasteiger partial charge is 0.323 e. The van der Waals surface area contributed by atoms with E-state index in [-0.39, 0.29) is 17.1 Å². The van der Waals surface area contributed by atoms with E-state index >= 15 is 0 Å². The zero-order valence-electron chi connectivity index (χ0n) is 17.1. The van der Waals surface area contributed by atoms with E-state index in [0.29, 0.717) is 17.8 Å². The summed E-state index contributed by atoms with van der Waals surface area (Å²) in [5, 5.41) is 3.06. The second-order valence-corrected chi connectivity index (χ2v) is 8.69. The van der Waals surface area contributed by atoms with Gasteiger partial charge in [0.15, 0.2) is 0 Å². The molecule has 1 saturated heterocycles. The molecule has 2 fully saturated rings. The van der Waals surface area contributed by atoms with Crippen molar-refractivity contribution in [3.05, 3.63) is 29.0 Å². The lowest BCUT2D eigenvalue weighted by Gasteiger charge is -2.46. The summed E-state index contributed by atoms with van der Waals surface area (Å²) < 4.78 is 13.3. The molecular formula is C21H32ClFN4O. The average molecular weight is 411 g/mol. The van der Waals surface area contributed by atoms with Crippen molar-refractivity contribution < 1.29 is 9.18 Å². The molecule has 0 radical (unpaired) electrons. The van der Waals surface area contributed by atoms with Gasteiger partial charge in [0.1, 0.15) is 5.82 Å². The Morgan fingerprint density at radius 3 is 2.43 bits per heavy atom. The van der Waals surface area contributed by atoms with Gasteiger partial charge in [-0.25, -0.2) is 9.18 Å².